The van der Waals surface area contributed by atoms with E-state index in [2.05, 4.69) is 0 Å². The molecule has 0 spiro atoms. The number of allylic oxidation sites excluding steroid dienone is 1. The van der Waals surface area contributed by atoms with E-state index in [1.165, 1.54) is 0 Å². The quantitative estimate of drug-likeness (QED) is 0.605. The minimum atomic E-state index is -0.787. The lowest BCUT2D eigenvalue weighted by molar-refractivity contribution is -0.123. The molecule has 0 aromatic heterocycles. The Morgan fingerprint density at radius 1 is 0.786 bits per heavy atom. The van der Waals surface area contributed by atoms with Crippen LogP contribution in [0.1, 0.15) is 33.8 Å². The average Bonchev–Trinajstić information content (AvgIpc) is 2.76. The molecule has 138 valence electrons. The summed E-state index contributed by atoms with van der Waals surface area (Å²) >= 11 is 0. The van der Waals surface area contributed by atoms with E-state index in [-0.39, 0.29) is 11.7 Å². The van der Waals surface area contributed by atoms with Crippen molar-refractivity contribution in [3.05, 3.63) is 114 Å². The Kier molecular flexibility index (Phi) is 5.16. The smallest absolute Gasteiger partial charge is 0.338 e. The van der Waals surface area contributed by atoms with Crippen LogP contribution in [0.15, 0.2) is 97.1 Å². The Morgan fingerprint density at radius 2 is 1.36 bits per heavy atom. The zero-order valence-corrected chi connectivity index (χ0v) is 15.3. The van der Waals surface area contributed by atoms with Crippen molar-refractivity contribution in [2.45, 2.75) is 18.4 Å². The molecule has 1 aliphatic rings. The second-order valence-electron chi connectivity index (χ2n) is 6.83. The minimum Gasteiger partial charge on any atom is -0.450 e. The summed E-state index contributed by atoms with van der Waals surface area (Å²) in [6.45, 7) is 0. The molecule has 4 rings (SSSR count). The Balaban J connectivity index is 1.66. The second-order valence-corrected chi connectivity index (χ2v) is 6.83. The first kappa shape index (κ1) is 17.9. The molecule has 1 aliphatic carbocycles. The first-order valence-corrected chi connectivity index (χ1v) is 9.34. The number of ether oxygens (including phenoxy) is 1. The molecular weight excluding hydrogens is 348 g/mol. The molecule has 28 heavy (non-hydrogen) atoms. The molecule has 0 N–H and O–H groups in total. The first-order valence-electron chi connectivity index (χ1n) is 9.34. The zero-order chi connectivity index (χ0) is 19.3. The maximum absolute atomic E-state index is 12.8. The summed E-state index contributed by atoms with van der Waals surface area (Å²) in [5, 5.41) is 0. The van der Waals surface area contributed by atoms with Gasteiger partial charge in [0.15, 0.2) is 11.9 Å². The highest BCUT2D eigenvalue weighted by Gasteiger charge is 2.34. The molecule has 0 aliphatic heterocycles. The molecule has 0 bridgehead atoms. The molecule has 2 atom stereocenters. The number of esters is 1. The van der Waals surface area contributed by atoms with Crippen LogP contribution in [-0.4, -0.2) is 17.9 Å². The molecule has 3 aromatic rings. The Hall–Kier alpha value is -3.46. The summed E-state index contributed by atoms with van der Waals surface area (Å²) < 4.78 is 5.59. The van der Waals surface area contributed by atoms with Crippen LogP contribution in [0.4, 0.5) is 0 Å². The van der Waals surface area contributed by atoms with E-state index in [1.807, 2.05) is 66.7 Å². The van der Waals surface area contributed by atoms with Gasteiger partial charge in [0, 0.05) is 12.3 Å². The van der Waals surface area contributed by atoms with E-state index in [0.717, 1.165) is 16.7 Å². The van der Waals surface area contributed by atoms with Gasteiger partial charge in [0.1, 0.15) is 0 Å². The third kappa shape index (κ3) is 3.79. The van der Waals surface area contributed by atoms with Crippen molar-refractivity contribution < 1.29 is 14.3 Å². The van der Waals surface area contributed by atoms with Crippen molar-refractivity contribution in [3.8, 4) is 0 Å². The lowest BCUT2D eigenvalue weighted by Gasteiger charge is -2.29. The van der Waals surface area contributed by atoms with Gasteiger partial charge in [-0.05, 0) is 34.9 Å². The highest BCUT2D eigenvalue weighted by atomic mass is 16.5. The molecule has 0 saturated carbocycles. The molecule has 3 aromatic carbocycles. The van der Waals surface area contributed by atoms with Crippen molar-refractivity contribution >= 4 is 17.3 Å². The summed E-state index contributed by atoms with van der Waals surface area (Å²) in [4.78, 5) is 25.2. The SMILES string of the molecule is O=C(O[C@@H]1C[C@H](c2ccccc2)C(c2ccccc2)=CC1=O)c1ccccc1. The Labute approximate surface area is 164 Å². The van der Waals surface area contributed by atoms with Gasteiger partial charge in [0.25, 0.3) is 0 Å². The predicted molar refractivity (Wildman–Crippen MR) is 109 cm³/mol. The van der Waals surface area contributed by atoms with Gasteiger partial charge >= 0.3 is 5.97 Å². The van der Waals surface area contributed by atoms with Gasteiger partial charge in [0.05, 0.1) is 5.56 Å². The monoisotopic (exact) mass is 368 g/mol. The van der Waals surface area contributed by atoms with Crippen LogP contribution in [0.3, 0.4) is 0 Å². The van der Waals surface area contributed by atoms with Crippen LogP contribution in [0, 0.1) is 0 Å². The number of ketones is 1. The van der Waals surface area contributed by atoms with Gasteiger partial charge in [-0.3, -0.25) is 4.79 Å². The van der Waals surface area contributed by atoms with E-state index in [4.69, 9.17) is 4.74 Å². The maximum atomic E-state index is 12.8. The summed E-state index contributed by atoms with van der Waals surface area (Å²) in [6.07, 6.45) is 1.28. The highest BCUT2D eigenvalue weighted by molar-refractivity contribution is 6.04. The summed E-state index contributed by atoms with van der Waals surface area (Å²) in [7, 11) is 0. The second kappa shape index (κ2) is 8.05. The fraction of sp³-hybridized carbons (Fsp3) is 0.120. The number of rotatable bonds is 4. The van der Waals surface area contributed by atoms with Crippen molar-refractivity contribution in [2.75, 3.05) is 0 Å². The predicted octanol–water partition coefficient (Wildman–Crippen LogP) is 5.05. The largest absolute Gasteiger partial charge is 0.450 e. The van der Waals surface area contributed by atoms with Gasteiger partial charge < -0.3 is 4.74 Å². The van der Waals surface area contributed by atoms with Crippen LogP contribution in [0.2, 0.25) is 0 Å². The van der Waals surface area contributed by atoms with Crippen LogP contribution in [0.25, 0.3) is 5.57 Å². The fourth-order valence-electron chi connectivity index (χ4n) is 3.60. The van der Waals surface area contributed by atoms with Gasteiger partial charge in [-0.2, -0.15) is 0 Å². The number of carbonyl (C=O) groups excluding carboxylic acids is 2. The highest BCUT2D eigenvalue weighted by Crippen LogP contribution is 2.39. The molecule has 0 fully saturated rings. The molecule has 0 saturated heterocycles. The van der Waals surface area contributed by atoms with Crippen molar-refractivity contribution in [1.29, 1.82) is 0 Å². The summed E-state index contributed by atoms with van der Waals surface area (Å²) in [6, 6.07) is 28.7. The maximum Gasteiger partial charge on any atom is 0.338 e. The van der Waals surface area contributed by atoms with Crippen LogP contribution < -0.4 is 0 Å². The van der Waals surface area contributed by atoms with Gasteiger partial charge in [-0.1, -0.05) is 78.9 Å². The molecule has 0 heterocycles. The van der Waals surface area contributed by atoms with E-state index >= 15 is 0 Å². The van der Waals surface area contributed by atoms with Crippen LogP contribution in [0.5, 0.6) is 0 Å². The Bertz CT molecular complexity index is 992. The van der Waals surface area contributed by atoms with Crippen molar-refractivity contribution in [1.82, 2.24) is 0 Å². The number of benzene rings is 3. The minimum absolute atomic E-state index is 0.0186. The fourth-order valence-corrected chi connectivity index (χ4v) is 3.60. The van der Waals surface area contributed by atoms with E-state index in [1.54, 1.807) is 30.3 Å². The lowest BCUT2D eigenvalue weighted by atomic mass is 9.78. The van der Waals surface area contributed by atoms with Crippen LogP contribution >= 0.6 is 0 Å². The van der Waals surface area contributed by atoms with Crippen LogP contribution in [-0.2, 0) is 9.53 Å². The van der Waals surface area contributed by atoms with Crippen molar-refractivity contribution in [3.63, 3.8) is 0 Å². The molecule has 3 nitrogen and oxygen atoms in total. The standard InChI is InChI=1S/C25H20O3/c26-23-16-21(18-10-4-1-5-11-18)22(19-12-6-2-7-13-19)17-24(23)28-25(27)20-14-8-3-9-15-20/h1-16,22,24H,17H2/t22-,24-/m1/s1. The van der Waals surface area contributed by atoms with E-state index in [9.17, 15) is 9.59 Å². The molecular formula is C25H20O3. The summed E-state index contributed by atoms with van der Waals surface area (Å²) in [5.41, 5.74) is 3.52. The van der Waals surface area contributed by atoms with E-state index < -0.39 is 12.1 Å². The first-order chi connectivity index (χ1) is 13.7. The van der Waals surface area contributed by atoms with Gasteiger partial charge in [-0.15, -0.1) is 0 Å². The molecule has 0 unspecified atom stereocenters. The third-order valence-electron chi connectivity index (χ3n) is 5.01. The van der Waals surface area contributed by atoms with Crippen molar-refractivity contribution in [2.24, 2.45) is 0 Å². The average molecular weight is 368 g/mol. The normalized spacial score (nSPS) is 19.0. The zero-order valence-electron chi connectivity index (χ0n) is 15.3. The number of hydrogen-bond donors (Lipinski definition) is 0. The molecule has 3 heteroatoms. The Morgan fingerprint density at radius 3 is 2.00 bits per heavy atom. The molecule has 0 radical (unpaired) electrons. The topological polar surface area (TPSA) is 43.4 Å². The molecule has 0 amide bonds. The third-order valence-corrected chi connectivity index (χ3v) is 5.01. The van der Waals surface area contributed by atoms with Gasteiger partial charge in [-0.25, -0.2) is 4.79 Å². The lowest BCUT2D eigenvalue weighted by Crippen LogP contribution is -2.32. The van der Waals surface area contributed by atoms with Gasteiger partial charge in [0.2, 0.25) is 0 Å². The van der Waals surface area contributed by atoms with E-state index in [0.29, 0.717) is 12.0 Å². The number of carbonyl (C=O) groups is 2. The number of hydrogen-bond acceptors (Lipinski definition) is 3. The summed E-state index contributed by atoms with van der Waals surface area (Å²) in [5.74, 6) is -0.660.